The minimum absolute atomic E-state index is 0.114. The second kappa shape index (κ2) is 12.3. The number of ketones is 1. The molecule has 0 aromatic heterocycles. The number of allylic oxidation sites excluding steroid dienone is 1. The molecule has 0 radical (unpaired) electrons. The Labute approximate surface area is 275 Å². The van der Waals surface area contributed by atoms with Gasteiger partial charge in [0.05, 0.1) is 21.8 Å². The molecule has 22 nitrogen and oxygen atoms in total. The topological polar surface area (TPSA) is 390 Å². The molecule has 0 atom stereocenters. The van der Waals surface area contributed by atoms with Gasteiger partial charge in [-0.05, 0) is 54.1 Å². The van der Waals surface area contributed by atoms with Crippen molar-refractivity contribution in [3.63, 3.8) is 0 Å². The van der Waals surface area contributed by atoms with Gasteiger partial charge in [-0.3, -0.25) is 33.0 Å². The highest BCUT2D eigenvalue weighted by Gasteiger charge is 2.37. The van der Waals surface area contributed by atoms with Gasteiger partial charge in [0.15, 0.2) is 5.71 Å². The van der Waals surface area contributed by atoms with Crippen molar-refractivity contribution in [2.24, 2.45) is 15.3 Å². The number of hydrogen-bond donors (Lipinski definition) is 8. The summed E-state index contributed by atoms with van der Waals surface area (Å²) < 4.78 is 168. The third-order valence-corrected chi connectivity index (χ3v) is 10.6. The Morgan fingerprint density at radius 1 is 0.633 bits per heavy atom. The Hall–Kier alpha value is -4.71. The number of anilines is 3. The van der Waals surface area contributed by atoms with Crippen molar-refractivity contribution in [1.29, 1.82) is 0 Å². The molecule has 49 heavy (non-hydrogen) atoms. The third kappa shape index (κ3) is 7.80. The van der Waals surface area contributed by atoms with E-state index >= 15 is 0 Å². The quantitative estimate of drug-likeness (QED) is 0.0652. The highest BCUT2D eigenvalue weighted by atomic mass is 32.2. The first-order valence-corrected chi connectivity index (χ1v) is 19.3. The third-order valence-electron chi connectivity index (χ3n) is 6.18. The molecule has 0 amide bonds. The van der Waals surface area contributed by atoms with E-state index < -0.39 is 120 Å². The molecule has 10 N–H and O–H groups in total. The summed E-state index contributed by atoms with van der Waals surface area (Å²) in [5.74, 6) is -1.53. The summed E-state index contributed by atoms with van der Waals surface area (Å²) in [6.07, 6.45) is 0.466. The second-order valence-corrected chi connectivity index (χ2v) is 16.5. The normalized spacial score (nSPS) is 15.3. The molecule has 1 aliphatic rings. The van der Waals surface area contributed by atoms with Crippen LogP contribution in [0.2, 0.25) is 0 Å². The first-order chi connectivity index (χ1) is 22.2. The Morgan fingerprint density at radius 3 is 1.73 bits per heavy atom. The molecule has 0 fully saturated rings. The summed E-state index contributed by atoms with van der Waals surface area (Å²) in [6.45, 7) is 0. The van der Waals surface area contributed by atoms with Gasteiger partial charge in [-0.2, -0.15) is 47.2 Å². The monoisotopic (exact) mass is 782 g/mol. The fourth-order valence-electron chi connectivity index (χ4n) is 4.13. The molecule has 3 aromatic carbocycles. The number of hydrazone groups is 1. The van der Waals surface area contributed by atoms with Gasteiger partial charge in [-0.15, -0.1) is 10.2 Å². The fraction of sp³-hybridized carbons (Fsp3) is 0. The lowest BCUT2D eigenvalue weighted by Gasteiger charge is -2.20. The predicted molar refractivity (Wildman–Crippen MR) is 166 cm³/mol. The fourth-order valence-corrected chi connectivity index (χ4v) is 7.19. The molecule has 0 unspecified atom stereocenters. The Morgan fingerprint density at radius 2 is 1.20 bits per heavy atom. The average Bonchev–Trinajstić information content (AvgIpc) is 2.92. The van der Waals surface area contributed by atoms with Crippen LogP contribution < -0.4 is 16.9 Å². The van der Waals surface area contributed by atoms with Crippen molar-refractivity contribution in [2.45, 2.75) is 19.6 Å². The van der Waals surface area contributed by atoms with Gasteiger partial charge in [-0.25, -0.2) is 0 Å². The number of hydrogen-bond acceptors (Lipinski definition) is 17. The van der Waals surface area contributed by atoms with E-state index in [2.05, 4.69) is 15.3 Å². The first kappa shape index (κ1) is 37.1. The number of carbonyl (C=O) groups is 1. The number of nitrogen functional groups attached to an aromatic ring is 2. The number of nitrogens with zero attached hydrogens (tertiary/aromatic N) is 3. The van der Waals surface area contributed by atoms with Gasteiger partial charge < -0.3 is 11.5 Å². The van der Waals surface area contributed by atoms with Crippen molar-refractivity contribution >= 4 is 96.6 Å². The second-order valence-electron chi connectivity index (χ2n) is 9.47. The van der Waals surface area contributed by atoms with Gasteiger partial charge >= 0.3 is 0 Å². The highest BCUT2D eigenvalue weighted by Crippen LogP contribution is 2.41. The summed E-state index contributed by atoms with van der Waals surface area (Å²) in [6, 6.07) is 4.59. The molecule has 262 valence electrons. The van der Waals surface area contributed by atoms with Crippen molar-refractivity contribution in [2.75, 3.05) is 16.9 Å². The maximum absolute atomic E-state index is 13.6. The van der Waals surface area contributed by atoms with E-state index in [4.69, 9.17) is 11.5 Å². The lowest BCUT2D eigenvalue weighted by atomic mass is 9.92. The number of carbonyl (C=O) groups excluding carboxylic acids is 1. The summed E-state index contributed by atoms with van der Waals surface area (Å²) in [5, 5.41) is 10.3. The van der Waals surface area contributed by atoms with Gasteiger partial charge in [0.2, 0.25) is 5.78 Å². The van der Waals surface area contributed by atoms with Crippen molar-refractivity contribution < 1.29 is 69.6 Å². The number of fused-ring (bicyclic) bond motifs is 1. The van der Waals surface area contributed by atoms with Crippen LogP contribution in [-0.2, 0) is 50.6 Å². The molecular formula is C22H18N6O16S5. The van der Waals surface area contributed by atoms with Crippen LogP contribution in [0.1, 0.15) is 15.9 Å². The van der Waals surface area contributed by atoms with Crippen LogP contribution in [0.3, 0.4) is 0 Å². The van der Waals surface area contributed by atoms with E-state index in [1.165, 1.54) is 0 Å². The summed E-state index contributed by atoms with van der Waals surface area (Å²) in [4.78, 5) is 8.06. The number of nitrogens with two attached hydrogens (primary N) is 2. The van der Waals surface area contributed by atoms with Crippen LogP contribution >= 0.6 is 0 Å². The van der Waals surface area contributed by atoms with Gasteiger partial charge in [0.1, 0.15) is 31.0 Å². The molecular weight excluding hydrogens is 765 g/mol. The summed E-state index contributed by atoms with van der Waals surface area (Å²) in [5.41, 5.74) is 6.94. The maximum atomic E-state index is 13.6. The van der Waals surface area contributed by atoms with E-state index in [1.54, 1.807) is 0 Å². The van der Waals surface area contributed by atoms with E-state index in [1.807, 2.05) is 5.43 Å². The van der Waals surface area contributed by atoms with E-state index in [9.17, 15) is 69.6 Å². The molecule has 0 bridgehead atoms. The van der Waals surface area contributed by atoms with Crippen molar-refractivity contribution in [1.82, 2.24) is 0 Å². The maximum Gasteiger partial charge on any atom is 0.296 e. The largest absolute Gasteiger partial charge is 0.399 e. The van der Waals surface area contributed by atoms with Crippen LogP contribution in [0.4, 0.5) is 28.4 Å². The lowest BCUT2D eigenvalue weighted by molar-refractivity contribution is 0.106. The smallest absolute Gasteiger partial charge is 0.296 e. The Balaban J connectivity index is 2.01. The highest BCUT2D eigenvalue weighted by molar-refractivity contribution is 7.91. The zero-order valence-electron chi connectivity index (χ0n) is 23.4. The molecule has 0 saturated heterocycles. The molecule has 0 aliphatic heterocycles. The first-order valence-electron chi connectivity index (χ1n) is 12.1. The molecule has 1 aliphatic carbocycles. The molecule has 0 heterocycles. The molecule has 0 spiro atoms. The minimum atomic E-state index is -5.44. The lowest BCUT2D eigenvalue weighted by Crippen LogP contribution is -2.28. The number of nitrogens with one attached hydrogen (secondary N) is 1. The van der Waals surface area contributed by atoms with Gasteiger partial charge in [-0.1, -0.05) is 0 Å². The number of azo groups is 1. The van der Waals surface area contributed by atoms with Crippen molar-refractivity contribution in [3.05, 3.63) is 58.5 Å². The van der Waals surface area contributed by atoms with E-state index in [-0.39, 0.29) is 5.69 Å². The van der Waals surface area contributed by atoms with Crippen molar-refractivity contribution in [3.8, 4) is 0 Å². The van der Waals surface area contributed by atoms with E-state index in [0.29, 0.717) is 30.3 Å². The Bertz CT molecular complexity index is 2630. The summed E-state index contributed by atoms with van der Waals surface area (Å²) >= 11 is 0. The van der Waals surface area contributed by atoms with Crippen LogP contribution in [0.15, 0.2) is 82.3 Å². The Kier molecular flexibility index (Phi) is 9.33. The SMILES string of the molecule is Nc1ccc(S(=O)(=O)O)c(N/N=C2/C(=O)c3c(cc(S(=O)(=O)O)c(/N=N/c4cc(S(=O)(=O)O)ccc4S(=O)(=O)O)c3N)C=C2S(=O)(=O)O)c1. The predicted octanol–water partition coefficient (Wildman–Crippen LogP) is 1.15. The number of rotatable bonds is 9. The zero-order chi connectivity index (χ0) is 37.1. The molecule has 27 heteroatoms. The minimum Gasteiger partial charge on any atom is -0.399 e. The van der Waals surface area contributed by atoms with Crippen LogP contribution in [-0.4, -0.2) is 76.3 Å². The van der Waals surface area contributed by atoms with Gasteiger partial charge in [0.25, 0.3) is 50.6 Å². The van der Waals surface area contributed by atoms with Gasteiger partial charge in [0, 0.05) is 5.69 Å². The standard InChI is InChI=1S/C22H18N6O16S5/c23-10-1-3-14(46(33,34)35)12(7-10)25-28-21-17(49(42,43)44)6-9-5-16(48(39,40)41)20(19(24)18(9)22(21)29)27-26-13-8-11(45(30,31)32)2-4-15(13)47(36,37)38/h1-8,25H,23-24H2,(H,30,31,32)(H,33,34,35)(H,36,37,38)(H,39,40,41)(H,42,43,44)/b27-26+,28-21+. The molecule has 3 aromatic rings. The number of benzene rings is 3. The average molecular weight is 783 g/mol. The van der Waals surface area contributed by atoms with Crippen LogP contribution in [0, 0.1) is 0 Å². The zero-order valence-corrected chi connectivity index (χ0v) is 27.5. The van der Waals surface area contributed by atoms with Crippen LogP contribution in [0.25, 0.3) is 6.08 Å². The number of Topliss-reactive ketones (excluding diaryl/α,β-unsaturated/α-hetero) is 1. The molecule has 0 saturated carbocycles. The summed E-state index contributed by atoms with van der Waals surface area (Å²) in [7, 11) is -26.1. The van der Waals surface area contributed by atoms with E-state index in [0.717, 1.165) is 18.2 Å². The molecule has 4 rings (SSSR count). The van der Waals surface area contributed by atoms with Crippen LogP contribution in [0.5, 0.6) is 0 Å².